The zero-order valence-corrected chi connectivity index (χ0v) is 19.0. The average molecular weight is 449 g/mol. The van der Waals surface area contributed by atoms with E-state index in [0.717, 1.165) is 15.3 Å². The van der Waals surface area contributed by atoms with E-state index in [1.54, 1.807) is 29.2 Å². The molecule has 1 aromatic carbocycles. The second kappa shape index (κ2) is 9.32. The van der Waals surface area contributed by atoms with Gasteiger partial charge in [-0.2, -0.15) is 0 Å². The first-order valence-corrected chi connectivity index (χ1v) is 11.2. The van der Waals surface area contributed by atoms with Crippen molar-refractivity contribution in [2.24, 2.45) is 0 Å². The largest absolute Gasteiger partial charge is 0.343 e. The van der Waals surface area contributed by atoms with Crippen LogP contribution in [0.25, 0.3) is 21.7 Å². The lowest BCUT2D eigenvalue weighted by Gasteiger charge is -2.21. The first kappa shape index (κ1) is 21.7. The van der Waals surface area contributed by atoms with Crippen molar-refractivity contribution >= 4 is 34.3 Å². The number of amides is 2. The fourth-order valence-electron chi connectivity index (χ4n) is 3.52. The predicted octanol–water partition coefficient (Wildman–Crippen LogP) is 4.35. The number of rotatable bonds is 7. The molecule has 3 heterocycles. The van der Waals surface area contributed by atoms with E-state index in [4.69, 9.17) is 4.52 Å². The highest BCUT2D eigenvalue weighted by molar-refractivity contribution is 7.15. The molecule has 2 amide bonds. The summed E-state index contributed by atoms with van der Waals surface area (Å²) in [6.07, 6.45) is 0. The van der Waals surface area contributed by atoms with E-state index in [0.29, 0.717) is 41.1 Å². The van der Waals surface area contributed by atoms with E-state index in [2.05, 4.69) is 15.5 Å². The van der Waals surface area contributed by atoms with Crippen molar-refractivity contribution in [2.45, 2.75) is 27.3 Å². The van der Waals surface area contributed by atoms with Crippen molar-refractivity contribution in [3.63, 3.8) is 0 Å². The van der Waals surface area contributed by atoms with Crippen LogP contribution >= 0.6 is 11.3 Å². The lowest BCUT2D eigenvalue weighted by molar-refractivity contribution is -0.130. The molecule has 4 aromatic rings. The number of likely N-dealkylation sites (N-methyl/N-ethyl adjacent to an activating group) is 1. The predicted molar refractivity (Wildman–Crippen MR) is 124 cm³/mol. The minimum atomic E-state index is -0.359. The molecule has 0 bridgehead atoms. The molecule has 0 unspecified atom stereocenters. The molecule has 1 N–H and O–H groups in total. The Morgan fingerprint density at radius 3 is 2.59 bits per heavy atom. The van der Waals surface area contributed by atoms with Gasteiger partial charge in [-0.05, 0) is 44.5 Å². The van der Waals surface area contributed by atoms with Gasteiger partial charge in [-0.3, -0.25) is 9.59 Å². The number of carbonyl (C=O) groups excluding carboxylic acids is 2. The highest BCUT2D eigenvalue weighted by Crippen LogP contribution is 2.31. The van der Waals surface area contributed by atoms with E-state index in [9.17, 15) is 9.59 Å². The van der Waals surface area contributed by atoms with E-state index >= 15 is 0 Å². The van der Waals surface area contributed by atoms with Crippen LogP contribution in [-0.4, -0.2) is 39.9 Å². The summed E-state index contributed by atoms with van der Waals surface area (Å²) in [5.74, 6) is -0.506. The molecule has 0 fully saturated rings. The normalized spacial score (nSPS) is 11.0. The Bertz CT molecular complexity index is 1260. The Morgan fingerprint density at radius 1 is 1.12 bits per heavy atom. The van der Waals surface area contributed by atoms with Crippen LogP contribution in [0.2, 0.25) is 0 Å². The molecule has 0 atom stereocenters. The molecule has 32 heavy (non-hydrogen) atoms. The number of pyridine rings is 1. The van der Waals surface area contributed by atoms with Crippen LogP contribution in [0.5, 0.6) is 0 Å². The van der Waals surface area contributed by atoms with Crippen molar-refractivity contribution < 1.29 is 14.1 Å². The second-order valence-corrected chi connectivity index (χ2v) is 8.78. The van der Waals surface area contributed by atoms with Crippen molar-refractivity contribution in [1.82, 2.24) is 20.4 Å². The number of benzene rings is 1. The van der Waals surface area contributed by atoms with Crippen molar-refractivity contribution in [1.29, 1.82) is 0 Å². The smallest absolute Gasteiger partial charge is 0.259 e. The van der Waals surface area contributed by atoms with E-state index in [1.807, 2.05) is 56.3 Å². The third-order valence-electron chi connectivity index (χ3n) is 5.21. The van der Waals surface area contributed by atoms with E-state index in [1.165, 1.54) is 0 Å². The molecule has 3 aromatic heterocycles. The Kier molecular flexibility index (Phi) is 6.32. The Hall–Kier alpha value is -3.52. The van der Waals surface area contributed by atoms with Gasteiger partial charge >= 0.3 is 0 Å². The fraction of sp³-hybridized carbons (Fsp3) is 0.250. The third kappa shape index (κ3) is 4.55. The molecule has 7 nitrogen and oxygen atoms in total. The van der Waals surface area contributed by atoms with Gasteiger partial charge in [-0.15, -0.1) is 11.3 Å². The highest BCUT2D eigenvalue weighted by atomic mass is 32.1. The van der Waals surface area contributed by atoms with Crippen LogP contribution in [-0.2, 0) is 11.3 Å². The van der Waals surface area contributed by atoms with Gasteiger partial charge in [0.1, 0.15) is 0 Å². The summed E-state index contributed by atoms with van der Waals surface area (Å²) in [6, 6.07) is 15.5. The molecule has 0 saturated carbocycles. The molecule has 4 rings (SSSR count). The van der Waals surface area contributed by atoms with Crippen molar-refractivity contribution in [3.05, 3.63) is 70.2 Å². The summed E-state index contributed by atoms with van der Waals surface area (Å²) in [7, 11) is 0. The average Bonchev–Trinajstić information content (AvgIpc) is 3.41. The molecular weight excluding hydrogens is 424 g/mol. The third-order valence-corrected chi connectivity index (χ3v) is 6.23. The number of thiophene rings is 1. The second-order valence-electron chi connectivity index (χ2n) is 7.49. The monoisotopic (exact) mass is 448 g/mol. The summed E-state index contributed by atoms with van der Waals surface area (Å²) in [6.45, 7) is 6.66. The summed E-state index contributed by atoms with van der Waals surface area (Å²) in [4.78, 5) is 34.2. The number of hydrogen-bond donors (Lipinski definition) is 1. The van der Waals surface area contributed by atoms with Crippen LogP contribution in [0.1, 0.15) is 33.4 Å². The van der Waals surface area contributed by atoms with E-state index < -0.39 is 0 Å². The lowest BCUT2D eigenvalue weighted by atomic mass is 10.1. The van der Waals surface area contributed by atoms with Gasteiger partial charge in [0.05, 0.1) is 33.8 Å². The first-order valence-electron chi connectivity index (χ1n) is 10.4. The summed E-state index contributed by atoms with van der Waals surface area (Å²) >= 11 is 1.59. The molecule has 0 aliphatic carbocycles. The zero-order valence-electron chi connectivity index (χ0n) is 18.2. The minimum Gasteiger partial charge on any atom is -0.343 e. The van der Waals surface area contributed by atoms with Crippen LogP contribution in [0.15, 0.2) is 53.1 Å². The first-order chi connectivity index (χ1) is 15.5. The molecule has 0 spiro atoms. The lowest BCUT2D eigenvalue weighted by Crippen LogP contribution is -2.39. The SMILES string of the molecule is CCN(Cc1ccccc1)C(=O)CNC(=O)c1cc(-c2ccc(C)s2)nc2onc(C)c12. The maximum atomic E-state index is 13.1. The maximum Gasteiger partial charge on any atom is 0.259 e. The van der Waals surface area contributed by atoms with Gasteiger partial charge in [0.15, 0.2) is 0 Å². The Morgan fingerprint density at radius 2 is 1.91 bits per heavy atom. The Labute approximate surface area is 190 Å². The number of nitrogens with zero attached hydrogens (tertiary/aromatic N) is 3. The number of hydrogen-bond acceptors (Lipinski definition) is 6. The Balaban J connectivity index is 1.54. The van der Waals surface area contributed by atoms with Gasteiger partial charge < -0.3 is 14.7 Å². The quantitative estimate of drug-likeness (QED) is 0.454. The molecule has 0 aliphatic heterocycles. The fourth-order valence-corrected chi connectivity index (χ4v) is 4.34. The number of nitrogens with one attached hydrogen (secondary N) is 1. The van der Waals surface area contributed by atoms with E-state index in [-0.39, 0.29) is 18.4 Å². The zero-order chi connectivity index (χ0) is 22.7. The molecule has 164 valence electrons. The standard InChI is InChI=1S/C24H24N4O3S/c1-4-28(14-17-8-6-5-7-9-17)21(29)13-25-23(30)18-12-19(20-11-10-15(2)32-20)26-24-22(18)16(3)27-31-24/h5-12H,4,13-14H2,1-3H3,(H,25,30). The minimum absolute atomic E-state index is 0.0961. The highest BCUT2D eigenvalue weighted by Gasteiger charge is 2.21. The molecule has 0 radical (unpaired) electrons. The number of aromatic nitrogens is 2. The molecular formula is C24H24N4O3S. The van der Waals surface area contributed by atoms with Gasteiger partial charge in [0.25, 0.3) is 11.6 Å². The number of fused-ring (bicyclic) bond motifs is 1. The van der Waals surface area contributed by atoms with Gasteiger partial charge in [-0.25, -0.2) is 4.98 Å². The summed E-state index contributed by atoms with van der Waals surface area (Å²) in [5, 5.41) is 7.30. The van der Waals surface area contributed by atoms with Gasteiger partial charge in [-0.1, -0.05) is 35.5 Å². The molecule has 0 saturated heterocycles. The topological polar surface area (TPSA) is 88.3 Å². The van der Waals surface area contributed by atoms with Gasteiger partial charge in [0, 0.05) is 18.0 Å². The number of aryl methyl sites for hydroxylation is 2. The molecule has 8 heteroatoms. The number of carbonyl (C=O) groups is 2. The van der Waals surface area contributed by atoms with Crippen molar-refractivity contribution in [3.8, 4) is 10.6 Å². The summed E-state index contributed by atoms with van der Waals surface area (Å²) < 4.78 is 5.34. The van der Waals surface area contributed by atoms with Gasteiger partial charge in [0.2, 0.25) is 5.91 Å². The maximum absolute atomic E-state index is 13.1. The van der Waals surface area contributed by atoms with Crippen LogP contribution in [0, 0.1) is 13.8 Å². The van der Waals surface area contributed by atoms with Crippen molar-refractivity contribution in [2.75, 3.05) is 13.1 Å². The van der Waals surface area contributed by atoms with Crippen LogP contribution in [0.3, 0.4) is 0 Å². The van der Waals surface area contributed by atoms with Crippen LogP contribution in [0.4, 0.5) is 0 Å². The summed E-state index contributed by atoms with van der Waals surface area (Å²) in [5.41, 5.74) is 2.97. The molecule has 0 aliphatic rings. The van der Waals surface area contributed by atoms with Crippen LogP contribution < -0.4 is 5.32 Å².